The molecule has 5 heteroatoms. The molecular weight excluding hydrogens is 386 g/mol. The first kappa shape index (κ1) is 24.4. The molecule has 0 unspecified atom stereocenters. The van der Waals surface area contributed by atoms with Gasteiger partial charge in [-0.1, -0.05) is 30.3 Å². The van der Waals surface area contributed by atoms with Crippen LogP contribution in [-0.4, -0.2) is 47.8 Å². The number of aryl methyl sites for hydroxylation is 2. The third-order valence-electron chi connectivity index (χ3n) is 5.06. The lowest BCUT2D eigenvalue weighted by Crippen LogP contribution is -2.30. The number of rotatable bonds is 13. The van der Waals surface area contributed by atoms with Gasteiger partial charge in [-0.05, 0) is 69.0 Å². The molecule has 0 N–H and O–H groups in total. The fourth-order valence-corrected chi connectivity index (χ4v) is 3.38. The Labute approximate surface area is 185 Å². The van der Waals surface area contributed by atoms with Gasteiger partial charge in [0.15, 0.2) is 5.78 Å². The number of Topliss-reactive ketones (excluding diaryl/α,β-unsaturated/α-hetero) is 2. The highest BCUT2D eigenvalue weighted by Gasteiger charge is 2.12. The van der Waals surface area contributed by atoms with Gasteiger partial charge in [-0.2, -0.15) is 0 Å². The summed E-state index contributed by atoms with van der Waals surface area (Å²) < 4.78 is 0. The van der Waals surface area contributed by atoms with Crippen molar-refractivity contribution < 1.29 is 9.59 Å². The summed E-state index contributed by atoms with van der Waals surface area (Å²) >= 11 is 0. The maximum Gasteiger partial charge on any atom is 0.164 e. The lowest BCUT2D eigenvalue weighted by molar-refractivity contribution is -0.118. The fourth-order valence-electron chi connectivity index (χ4n) is 3.38. The topological polar surface area (TPSA) is 62.6 Å². The highest BCUT2D eigenvalue weighted by molar-refractivity contribution is 5.95. The molecule has 0 aliphatic carbocycles. The van der Waals surface area contributed by atoms with Crippen molar-refractivity contribution in [1.29, 1.82) is 0 Å². The van der Waals surface area contributed by atoms with Gasteiger partial charge in [0.25, 0.3) is 0 Å². The second-order valence-corrected chi connectivity index (χ2v) is 7.78. The van der Waals surface area contributed by atoms with Crippen LogP contribution >= 0.6 is 0 Å². The molecule has 0 aliphatic heterocycles. The lowest BCUT2D eigenvalue weighted by atomic mass is 10.1. The van der Waals surface area contributed by atoms with E-state index >= 15 is 0 Å². The van der Waals surface area contributed by atoms with Gasteiger partial charge in [-0.15, -0.1) is 0 Å². The van der Waals surface area contributed by atoms with Crippen LogP contribution in [0.3, 0.4) is 0 Å². The number of ketones is 2. The standard InChI is InChI=1S/C26H33N3O2/c1-21-10-6-7-11-24(21)20-29(19-22(2)30)17-9-13-26(31)23-14-15-25(28-18-23)12-5-4-8-16-27-3/h4,6-8,10-11,14-16,18H,5,9,12-13,17,19-20H2,1-3H3/b8-4-,27-16?. The predicted molar refractivity (Wildman–Crippen MR) is 127 cm³/mol. The molecule has 0 atom stereocenters. The van der Waals surface area contributed by atoms with Gasteiger partial charge in [0.1, 0.15) is 5.78 Å². The average Bonchev–Trinajstić information content (AvgIpc) is 2.75. The van der Waals surface area contributed by atoms with Crippen LogP contribution < -0.4 is 0 Å². The summed E-state index contributed by atoms with van der Waals surface area (Å²) in [7, 11) is 1.74. The van der Waals surface area contributed by atoms with E-state index in [0.717, 1.165) is 25.1 Å². The van der Waals surface area contributed by atoms with Crippen molar-refractivity contribution in [2.45, 2.75) is 46.1 Å². The molecular formula is C26H33N3O2. The molecule has 31 heavy (non-hydrogen) atoms. The van der Waals surface area contributed by atoms with E-state index in [1.165, 1.54) is 11.1 Å². The molecule has 164 valence electrons. The summed E-state index contributed by atoms with van der Waals surface area (Å²) in [6.07, 6.45) is 10.3. The smallest absolute Gasteiger partial charge is 0.164 e. The maximum atomic E-state index is 12.6. The maximum absolute atomic E-state index is 12.6. The van der Waals surface area contributed by atoms with E-state index in [4.69, 9.17) is 0 Å². The molecule has 0 spiro atoms. The average molecular weight is 420 g/mol. The number of hydrogen-bond donors (Lipinski definition) is 0. The summed E-state index contributed by atoms with van der Waals surface area (Å²) in [5.41, 5.74) is 4.05. The highest BCUT2D eigenvalue weighted by atomic mass is 16.1. The number of aliphatic imine (C=N–C) groups is 1. The number of pyridine rings is 1. The van der Waals surface area contributed by atoms with Gasteiger partial charge >= 0.3 is 0 Å². The fraction of sp³-hybridized carbons (Fsp3) is 0.385. The molecule has 0 bridgehead atoms. The van der Waals surface area contributed by atoms with Crippen LogP contribution in [0.25, 0.3) is 0 Å². The van der Waals surface area contributed by atoms with Gasteiger partial charge in [0, 0.05) is 43.7 Å². The van der Waals surface area contributed by atoms with Crippen LogP contribution in [0, 0.1) is 6.92 Å². The Balaban J connectivity index is 1.84. The summed E-state index contributed by atoms with van der Waals surface area (Å²) in [6.45, 7) is 5.51. The molecule has 1 heterocycles. The van der Waals surface area contributed by atoms with Crippen molar-refractivity contribution in [2.75, 3.05) is 20.1 Å². The van der Waals surface area contributed by atoms with E-state index in [9.17, 15) is 9.59 Å². The van der Waals surface area contributed by atoms with Gasteiger partial charge < -0.3 is 0 Å². The Kier molecular flexibility index (Phi) is 10.5. The number of allylic oxidation sites excluding steroid dienone is 2. The number of carbonyl (C=O) groups is 2. The first-order valence-corrected chi connectivity index (χ1v) is 10.8. The van der Waals surface area contributed by atoms with Crippen LogP contribution in [-0.2, 0) is 17.8 Å². The van der Waals surface area contributed by atoms with E-state index in [2.05, 4.69) is 40.0 Å². The molecule has 2 rings (SSSR count). The van der Waals surface area contributed by atoms with Gasteiger partial charge in [0.05, 0.1) is 6.54 Å². The Morgan fingerprint density at radius 2 is 1.97 bits per heavy atom. The number of carbonyl (C=O) groups excluding carboxylic acids is 2. The Hall–Kier alpha value is -2.92. The normalized spacial score (nSPS) is 11.6. The van der Waals surface area contributed by atoms with E-state index in [-0.39, 0.29) is 11.6 Å². The molecule has 0 saturated heterocycles. The molecule has 0 saturated carbocycles. The zero-order valence-electron chi connectivity index (χ0n) is 18.9. The third-order valence-corrected chi connectivity index (χ3v) is 5.06. The Morgan fingerprint density at radius 1 is 1.16 bits per heavy atom. The Morgan fingerprint density at radius 3 is 2.65 bits per heavy atom. The van der Waals surface area contributed by atoms with E-state index < -0.39 is 0 Å². The quantitative estimate of drug-likeness (QED) is 0.351. The number of benzene rings is 1. The van der Waals surface area contributed by atoms with Crippen molar-refractivity contribution >= 4 is 17.8 Å². The van der Waals surface area contributed by atoms with E-state index in [1.807, 2.05) is 30.3 Å². The van der Waals surface area contributed by atoms with Crippen molar-refractivity contribution in [1.82, 2.24) is 9.88 Å². The van der Waals surface area contributed by atoms with Crippen molar-refractivity contribution in [2.24, 2.45) is 4.99 Å². The number of aromatic nitrogens is 1. The summed E-state index contributed by atoms with van der Waals surface area (Å²) in [6, 6.07) is 12.0. The minimum Gasteiger partial charge on any atom is -0.299 e. The van der Waals surface area contributed by atoms with Crippen molar-refractivity contribution in [3.63, 3.8) is 0 Å². The van der Waals surface area contributed by atoms with Crippen LogP contribution in [0.2, 0.25) is 0 Å². The molecule has 0 aliphatic rings. The molecule has 1 aromatic carbocycles. The first-order chi connectivity index (χ1) is 15.0. The second-order valence-electron chi connectivity index (χ2n) is 7.78. The minimum absolute atomic E-state index is 0.0942. The monoisotopic (exact) mass is 419 g/mol. The predicted octanol–water partition coefficient (Wildman–Crippen LogP) is 4.63. The summed E-state index contributed by atoms with van der Waals surface area (Å²) in [5, 5.41) is 0. The minimum atomic E-state index is 0.0942. The Bertz CT molecular complexity index is 901. The SMILES string of the molecule is CN=C/C=C\CCc1ccc(C(=O)CCCN(CC(C)=O)Cc2ccccc2C)cn1. The molecule has 2 aromatic rings. The van der Waals surface area contributed by atoms with Crippen LogP contribution in [0.1, 0.15) is 53.4 Å². The highest BCUT2D eigenvalue weighted by Crippen LogP contribution is 2.13. The van der Waals surface area contributed by atoms with Crippen LogP contribution in [0.5, 0.6) is 0 Å². The van der Waals surface area contributed by atoms with Crippen LogP contribution in [0.4, 0.5) is 0 Å². The third kappa shape index (κ3) is 9.18. The summed E-state index contributed by atoms with van der Waals surface area (Å²) in [5.74, 6) is 0.230. The zero-order valence-corrected chi connectivity index (χ0v) is 18.9. The van der Waals surface area contributed by atoms with E-state index in [1.54, 1.807) is 26.4 Å². The lowest BCUT2D eigenvalue weighted by Gasteiger charge is -2.22. The van der Waals surface area contributed by atoms with Crippen molar-refractivity contribution in [3.8, 4) is 0 Å². The van der Waals surface area contributed by atoms with E-state index in [0.29, 0.717) is 31.5 Å². The first-order valence-electron chi connectivity index (χ1n) is 10.8. The largest absolute Gasteiger partial charge is 0.299 e. The molecule has 1 aromatic heterocycles. The molecule has 0 fully saturated rings. The second kappa shape index (κ2) is 13.4. The zero-order chi connectivity index (χ0) is 22.5. The number of hydrogen-bond acceptors (Lipinski definition) is 5. The summed E-state index contributed by atoms with van der Waals surface area (Å²) in [4.78, 5) is 34.7. The van der Waals surface area contributed by atoms with Crippen molar-refractivity contribution in [3.05, 3.63) is 77.1 Å². The molecule has 0 radical (unpaired) electrons. The van der Waals surface area contributed by atoms with Gasteiger partial charge in [-0.25, -0.2) is 0 Å². The molecule has 5 nitrogen and oxygen atoms in total. The number of nitrogens with zero attached hydrogens (tertiary/aromatic N) is 3. The van der Waals surface area contributed by atoms with Gasteiger partial charge in [0.2, 0.25) is 0 Å². The van der Waals surface area contributed by atoms with Crippen LogP contribution in [0.15, 0.2) is 59.7 Å². The molecule has 0 amide bonds. The van der Waals surface area contributed by atoms with Gasteiger partial charge in [-0.3, -0.25) is 24.5 Å².